The number of anilines is 1. The van der Waals surface area contributed by atoms with Gasteiger partial charge in [-0.25, -0.2) is 0 Å². The fourth-order valence-corrected chi connectivity index (χ4v) is 5.80. The number of amides is 2. The Labute approximate surface area is 224 Å². The molecule has 2 aromatic carbocycles. The number of benzene rings is 2. The van der Waals surface area contributed by atoms with E-state index in [1.54, 1.807) is 44.3 Å². The number of nitrogens with one attached hydrogen (secondary N) is 1. The Bertz CT molecular complexity index is 1440. The first-order valence-electron chi connectivity index (χ1n) is 12.1. The Hall–Kier alpha value is -4.18. The van der Waals surface area contributed by atoms with Crippen LogP contribution in [-0.2, 0) is 23.2 Å². The van der Waals surface area contributed by atoms with Gasteiger partial charge in [-0.05, 0) is 30.3 Å². The monoisotopic (exact) mass is 532 g/mol. The molecule has 0 saturated heterocycles. The number of nitrogens with zero attached hydrogens (tertiary/aromatic N) is 3. The molecule has 1 aliphatic heterocycles. The second-order valence-corrected chi connectivity index (χ2v) is 9.80. The number of methoxy groups -OCH3 is 2. The third-order valence-electron chi connectivity index (χ3n) is 6.35. The highest BCUT2D eigenvalue weighted by atomic mass is 32.2. The predicted molar refractivity (Wildman–Crippen MR) is 145 cm³/mol. The van der Waals surface area contributed by atoms with Crippen molar-refractivity contribution in [3.63, 3.8) is 0 Å². The van der Waals surface area contributed by atoms with E-state index in [-0.39, 0.29) is 35.9 Å². The highest BCUT2D eigenvalue weighted by Gasteiger charge is 2.37. The van der Waals surface area contributed by atoms with Crippen LogP contribution < -0.4 is 19.7 Å². The average molecular weight is 533 g/mol. The van der Waals surface area contributed by atoms with Gasteiger partial charge in [-0.3, -0.25) is 19.2 Å². The topological polar surface area (TPSA) is 98.8 Å². The maximum atomic E-state index is 13.5. The summed E-state index contributed by atoms with van der Waals surface area (Å²) in [5, 5.41) is 7.38. The Kier molecular flexibility index (Phi) is 7.41. The molecule has 4 aromatic rings. The largest absolute Gasteiger partial charge is 0.497 e. The van der Waals surface area contributed by atoms with Crippen LogP contribution in [0.5, 0.6) is 11.5 Å². The summed E-state index contributed by atoms with van der Waals surface area (Å²) in [6.07, 6.45) is 1.55. The Morgan fingerprint density at radius 3 is 2.66 bits per heavy atom. The van der Waals surface area contributed by atoms with Crippen molar-refractivity contribution in [1.29, 1.82) is 0 Å². The summed E-state index contributed by atoms with van der Waals surface area (Å²) in [4.78, 5) is 28.0. The number of hydrogen-bond acceptors (Lipinski definition) is 7. The zero-order valence-electron chi connectivity index (χ0n) is 21.3. The molecule has 10 heteroatoms. The molecular weight excluding hydrogens is 504 g/mol. The van der Waals surface area contributed by atoms with Gasteiger partial charge in [0, 0.05) is 23.7 Å². The van der Waals surface area contributed by atoms with Crippen LogP contribution in [-0.4, -0.2) is 48.1 Å². The zero-order chi connectivity index (χ0) is 26.6. The van der Waals surface area contributed by atoms with E-state index in [1.165, 1.54) is 16.7 Å². The number of aryl methyl sites for hydroxylation is 1. The van der Waals surface area contributed by atoms with Crippen molar-refractivity contribution in [2.45, 2.75) is 11.8 Å². The van der Waals surface area contributed by atoms with Gasteiger partial charge in [0.2, 0.25) is 11.8 Å². The smallest absolute Gasteiger partial charge is 0.240 e. The van der Waals surface area contributed by atoms with E-state index >= 15 is 0 Å². The number of carbonyl (C=O) groups excluding carboxylic acids is 2. The van der Waals surface area contributed by atoms with Gasteiger partial charge < -0.3 is 19.2 Å². The molecule has 9 nitrogen and oxygen atoms in total. The van der Waals surface area contributed by atoms with Crippen molar-refractivity contribution < 1.29 is 23.5 Å². The first-order chi connectivity index (χ1) is 18.5. The van der Waals surface area contributed by atoms with E-state index in [2.05, 4.69) is 5.32 Å². The van der Waals surface area contributed by atoms with Crippen LogP contribution in [0.25, 0.3) is 11.3 Å². The quantitative estimate of drug-likeness (QED) is 0.363. The van der Waals surface area contributed by atoms with Crippen molar-refractivity contribution in [3.8, 4) is 22.8 Å². The number of ether oxygens (including phenoxy) is 2. The van der Waals surface area contributed by atoms with Crippen molar-refractivity contribution in [1.82, 2.24) is 15.1 Å². The molecule has 0 unspecified atom stereocenters. The van der Waals surface area contributed by atoms with Crippen molar-refractivity contribution in [2.24, 2.45) is 7.05 Å². The lowest BCUT2D eigenvalue weighted by molar-refractivity contribution is -0.123. The third kappa shape index (κ3) is 4.99. The molecule has 0 radical (unpaired) electrons. The zero-order valence-corrected chi connectivity index (χ0v) is 22.2. The lowest BCUT2D eigenvalue weighted by atomic mass is 9.98. The van der Waals surface area contributed by atoms with E-state index < -0.39 is 0 Å². The summed E-state index contributed by atoms with van der Waals surface area (Å²) >= 11 is 1.47. The summed E-state index contributed by atoms with van der Waals surface area (Å²) in [5.74, 6) is 2.24. The molecule has 0 saturated carbocycles. The summed E-state index contributed by atoms with van der Waals surface area (Å²) in [7, 11) is 5.03. The number of hydrogen-bond donors (Lipinski definition) is 1. The normalized spacial score (nSPS) is 15.1. The number of carbonyl (C=O) groups is 2. The van der Waals surface area contributed by atoms with Crippen LogP contribution in [0.15, 0.2) is 71.3 Å². The minimum Gasteiger partial charge on any atom is -0.497 e. The third-order valence-corrected chi connectivity index (χ3v) is 7.59. The molecule has 1 atom stereocenters. The first kappa shape index (κ1) is 25.5. The Balaban J connectivity index is 1.61. The molecule has 38 heavy (non-hydrogen) atoms. The van der Waals surface area contributed by atoms with Gasteiger partial charge in [0.1, 0.15) is 29.6 Å². The Morgan fingerprint density at radius 2 is 1.95 bits per heavy atom. The number of rotatable bonds is 8. The number of aromatic nitrogens is 2. The van der Waals surface area contributed by atoms with Crippen molar-refractivity contribution >= 4 is 29.4 Å². The minimum atomic E-state index is -0.306. The maximum absolute atomic E-state index is 13.5. The second-order valence-electron chi connectivity index (χ2n) is 8.71. The molecule has 0 aliphatic carbocycles. The SMILES string of the molecule is COc1ccc(OC)c([C@H]2SCC(=O)N(CC(=O)NCc3ccco3)c3c2c(-c2ccccc2)nn3C)c1. The molecule has 5 rings (SSSR count). The van der Waals surface area contributed by atoms with Crippen LogP contribution >= 0.6 is 11.8 Å². The van der Waals surface area contributed by atoms with Gasteiger partial charge in [0.25, 0.3) is 0 Å². The summed E-state index contributed by atoms with van der Waals surface area (Å²) in [6, 6.07) is 19.0. The average Bonchev–Trinajstić information content (AvgIpc) is 3.55. The summed E-state index contributed by atoms with van der Waals surface area (Å²) < 4.78 is 18.2. The van der Waals surface area contributed by atoms with E-state index in [1.807, 2.05) is 48.5 Å². The van der Waals surface area contributed by atoms with Crippen LogP contribution in [0, 0.1) is 0 Å². The van der Waals surface area contributed by atoms with Gasteiger partial charge in [-0.15, -0.1) is 11.8 Å². The van der Waals surface area contributed by atoms with E-state index in [9.17, 15) is 9.59 Å². The number of fused-ring (bicyclic) bond motifs is 1. The van der Waals surface area contributed by atoms with Crippen LogP contribution in [0.4, 0.5) is 5.82 Å². The number of thioether (sulfide) groups is 1. The van der Waals surface area contributed by atoms with Gasteiger partial charge in [-0.2, -0.15) is 5.10 Å². The number of furan rings is 1. The van der Waals surface area contributed by atoms with Gasteiger partial charge in [-0.1, -0.05) is 30.3 Å². The lowest BCUT2D eigenvalue weighted by Crippen LogP contribution is -2.42. The standard InChI is InChI=1S/C28H28N4O5S/c1-31-28-25(26(30-31)18-8-5-4-6-9-18)27(21-14-19(35-2)11-12-22(21)36-3)38-17-24(34)32(28)16-23(33)29-15-20-10-7-13-37-20/h4-14,27H,15-17H2,1-3H3,(H,29,33)/t27-/m1/s1. The fraction of sp³-hybridized carbons (Fsp3) is 0.250. The minimum absolute atomic E-state index is 0.150. The van der Waals surface area contributed by atoms with Crippen LogP contribution in [0.3, 0.4) is 0 Å². The van der Waals surface area contributed by atoms with Crippen LogP contribution in [0.1, 0.15) is 22.1 Å². The molecule has 0 fully saturated rings. The van der Waals surface area contributed by atoms with E-state index in [0.29, 0.717) is 23.1 Å². The molecule has 1 N–H and O–H groups in total. The molecule has 196 valence electrons. The first-order valence-corrected chi connectivity index (χ1v) is 13.1. The van der Waals surface area contributed by atoms with Gasteiger partial charge in [0.15, 0.2) is 0 Å². The summed E-state index contributed by atoms with van der Waals surface area (Å²) in [6.45, 7) is 0.0859. The molecule has 0 spiro atoms. The molecule has 0 bridgehead atoms. The molecule has 2 amide bonds. The van der Waals surface area contributed by atoms with Gasteiger partial charge in [0.05, 0.1) is 43.7 Å². The Morgan fingerprint density at radius 1 is 1.13 bits per heavy atom. The molecular formula is C28H28N4O5S. The second kappa shape index (κ2) is 11.1. The highest BCUT2D eigenvalue weighted by Crippen LogP contribution is 2.50. The predicted octanol–water partition coefficient (Wildman–Crippen LogP) is 4.18. The van der Waals surface area contributed by atoms with Crippen LogP contribution in [0.2, 0.25) is 0 Å². The van der Waals surface area contributed by atoms with E-state index in [4.69, 9.17) is 19.0 Å². The van der Waals surface area contributed by atoms with Crippen molar-refractivity contribution in [2.75, 3.05) is 31.4 Å². The molecule has 2 aromatic heterocycles. The molecule has 3 heterocycles. The fourth-order valence-electron chi connectivity index (χ4n) is 4.59. The van der Waals surface area contributed by atoms with E-state index in [0.717, 1.165) is 22.4 Å². The highest BCUT2D eigenvalue weighted by molar-refractivity contribution is 8.00. The maximum Gasteiger partial charge on any atom is 0.240 e. The van der Waals surface area contributed by atoms with Crippen molar-refractivity contribution in [3.05, 3.63) is 83.8 Å². The van der Waals surface area contributed by atoms with Gasteiger partial charge >= 0.3 is 0 Å². The summed E-state index contributed by atoms with van der Waals surface area (Å²) in [5.41, 5.74) is 3.34. The lowest BCUT2D eigenvalue weighted by Gasteiger charge is -2.22. The molecule has 1 aliphatic rings.